The van der Waals surface area contributed by atoms with Gasteiger partial charge in [-0.15, -0.1) is 0 Å². The molecule has 1 amide bonds. The Hall–Kier alpha value is -3.13. The molecule has 2 aromatic rings. The van der Waals surface area contributed by atoms with Gasteiger partial charge in [-0.1, -0.05) is 57.2 Å². The Kier molecular flexibility index (Phi) is 8.05. The number of rotatable bonds is 7. The van der Waals surface area contributed by atoms with Crippen molar-refractivity contribution in [3.63, 3.8) is 0 Å². The van der Waals surface area contributed by atoms with Crippen LogP contribution in [0.2, 0.25) is 0 Å². The first kappa shape index (κ1) is 26.5. The predicted octanol–water partition coefficient (Wildman–Crippen LogP) is 5.01. The van der Waals surface area contributed by atoms with Crippen molar-refractivity contribution >= 4 is 12.1 Å². The van der Waals surface area contributed by atoms with E-state index in [9.17, 15) is 19.1 Å². The van der Waals surface area contributed by atoms with E-state index in [0.29, 0.717) is 12.3 Å². The minimum Gasteiger partial charge on any atom is -0.496 e. The zero-order chi connectivity index (χ0) is 25.9. The molecule has 4 atom stereocenters. The smallest absolute Gasteiger partial charge is 0.411 e. The Morgan fingerprint density at radius 1 is 1.14 bits per heavy atom. The van der Waals surface area contributed by atoms with Gasteiger partial charge in [-0.25, -0.2) is 14.0 Å². The molecule has 190 valence electrons. The molecule has 0 radical (unpaired) electrons. The molecule has 0 unspecified atom stereocenters. The van der Waals surface area contributed by atoms with E-state index < -0.39 is 53.4 Å². The van der Waals surface area contributed by atoms with Gasteiger partial charge in [0.2, 0.25) is 0 Å². The highest BCUT2D eigenvalue weighted by Crippen LogP contribution is 2.48. The second-order valence-electron chi connectivity index (χ2n) is 10.2. The molecule has 0 saturated carbocycles. The first-order chi connectivity index (χ1) is 16.5. The van der Waals surface area contributed by atoms with Crippen LogP contribution in [-0.2, 0) is 16.1 Å². The number of amides is 1. The highest BCUT2D eigenvalue weighted by molar-refractivity contribution is 5.82. The van der Waals surface area contributed by atoms with Crippen LogP contribution in [0.15, 0.2) is 48.5 Å². The Labute approximate surface area is 206 Å². The van der Waals surface area contributed by atoms with E-state index >= 15 is 0 Å². The lowest BCUT2D eigenvalue weighted by Crippen LogP contribution is -2.48. The van der Waals surface area contributed by atoms with E-state index in [1.54, 1.807) is 19.9 Å². The number of likely N-dealkylation sites (tertiary alicyclic amines) is 1. The van der Waals surface area contributed by atoms with Crippen LogP contribution in [0.1, 0.15) is 51.8 Å². The third kappa shape index (κ3) is 5.75. The van der Waals surface area contributed by atoms with Crippen molar-refractivity contribution < 1.29 is 28.6 Å². The maximum Gasteiger partial charge on any atom is 0.411 e. The van der Waals surface area contributed by atoms with Gasteiger partial charge < -0.3 is 19.9 Å². The Morgan fingerprint density at radius 3 is 2.34 bits per heavy atom. The Balaban J connectivity index is 2.12. The summed E-state index contributed by atoms with van der Waals surface area (Å²) < 4.78 is 24.6. The van der Waals surface area contributed by atoms with Gasteiger partial charge in [-0.3, -0.25) is 4.90 Å². The third-order valence-corrected chi connectivity index (χ3v) is 6.39. The molecule has 1 saturated heterocycles. The van der Waals surface area contributed by atoms with Gasteiger partial charge >= 0.3 is 12.1 Å². The van der Waals surface area contributed by atoms with Gasteiger partial charge in [0.15, 0.2) is 0 Å². The second-order valence-corrected chi connectivity index (χ2v) is 10.2. The molecule has 8 heteroatoms. The summed E-state index contributed by atoms with van der Waals surface area (Å²) >= 11 is 0. The van der Waals surface area contributed by atoms with Crippen LogP contribution in [0, 0.1) is 17.2 Å². The number of nitrogens with zero attached hydrogens (tertiary/aromatic N) is 1. The average Bonchev–Trinajstić information content (AvgIpc) is 3.14. The number of carbonyl (C=O) groups excluding carboxylic acids is 1. The molecule has 3 rings (SSSR count). The van der Waals surface area contributed by atoms with Crippen LogP contribution in [-0.4, -0.2) is 47.4 Å². The van der Waals surface area contributed by atoms with E-state index in [0.717, 1.165) is 11.1 Å². The van der Waals surface area contributed by atoms with E-state index in [1.165, 1.54) is 24.1 Å². The standard InChI is InChI=1S/C27H35FN2O5/c1-16(2)35-26(33)30-23(17-10-8-7-9-11-17)22(21(27(3,4)5)24(30)25(31)32)29-15-18-12-13-19(28)14-20(18)34-6/h7-14,16,21-24,29H,15H2,1-6H3,(H,31,32)/t21-,22-,23-,24-/m1/s1. The molecule has 2 N–H and O–H groups in total. The first-order valence-corrected chi connectivity index (χ1v) is 11.8. The summed E-state index contributed by atoms with van der Waals surface area (Å²) in [5, 5.41) is 13.8. The minimum atomic E-state index is -1.11. The number of carboxylic acid groups (broad SMARTS) is 1. The number of halogens is 1. The lowest BCUT2D eigenvalue weighted by atomic mass is 9.72. The molecule has 7 nitrogen and oxygen atoms in total. The van der Waals surface area contributed by atoms with Crippen LogP contribution in [0.25, 0.3) is 0 Å². The molecule has 1 aliphatic rings. The normalized spacial score (nSPS) is 22.3. The largest absolute Gasteiger partial charge is 0.496 e. The van der Waals surface area contributed by atoms with E-state index in [2.05, 4.69) is 5.32 Å². The maximum absolute atomic E-state index is 13.7. The van der Waals surface area contributed by atoms with Crippen LogP contribution >= 0.6 is 0 Å². The monoisotopic (exact) mass is 486 g/mol. The molecular weight excluding hydrogens is 451 g/mol. The zero-order valence-corrected chi connectivity index (χ0v) is 21.1. The lowest BCUT2D eigenvalue weighted by molar-refractivity contribution is -0.144. The summed E-state index contributed by atoms with van der Waals surface area (Å²) in [5.41, 5.74) is 1.05. The van der Waals surface area contributed by atoms with Crippen molar-refractivity contribution in [3.8, 4) is 5.75 Å². The molecule has 0 aromatic heterocycles. The zero-order valence-electron chi connectivity index (χ0n) is 21.1. The first-order valence-electron chi connectivity index (χ1n) is 11.8. The number of nitrogens with one attached hydrogen (secondary N) is 1. The topological polar surface area (TPSA) is 88.1 Å². The number of hydrogen-bond acceptors (Lipinski definition) is 5. The van der Waals surface area contributed by atoms with E-state index in [-0.39, 0.29) is 0 Å². The molecule has 0 aliphatic carbocycles. The van der Waals surface area contributed by atoms with Gasteiger partial charge in [0, 0.05) is 30.1 Å². The summed E-state index contributed by atoms with van der Waals surface area (Å²) in [7, 11) is 1.47. The average molecular weight is 487 g/mol. The van der Waals surface area contributed by atoms with Gasteiger partial charge in [-0.05, 0) is 30.9 Å². The third-order valence-electron chi connectivity index (χ3n) is 6.39. The van der Waals surface area contributed by atoms with Gasteiger partial charge in [0.25, 0.3) is 0 Å². The highest BCUT2D eigenvalue weighted by atomic mass is 19.1. The van der Waals surface area contributed by atoms with Gasteiger partial charge in [-0.2, -0.15) is 0 Å². The Morgan fingerprint density at radius 2 is 1.80 bits per heavy atom. The quantitative estimate of drug-likeness (QED) is 0.572. The SMILES string of the molecule is COc1cc(F)ccc1CN[C@@H]1[C@@H](C(C)(C)C)[C@H](C(=O)O)N(C(=O)OC(C)C)[C@@H]1c1ccccc1. The minimum absolute atomic E-state index is 0.295. The fraction of sp³-hybridized carbons (Fsp3) is 0.481. The van der Waals surface area contributed by atoms with Crippen molar-refractivity contribution in [1.82, 2.24) is 10.2 Å². The van der Waals surface area contributed by atoms with Crippen molar-refractivity contribution in [1.29, 1.82) is 0 Å². The number of aliphatic carboxylic acids is 1. The summed E-state index contributed by atoms with van der Waals surface area (Å²) in [4.78, 5) is 27.4. The van der Waals surface area contributed by atoms with Crippen LogP contribution in [0.3, 0.4) is 0 Å². The summed E-state index contributed by atoms with van der Waals surface area (Å²) in [6, 6.07) is 11.5. The van der Waals surface area contributed by atoms with Crippen molar-refractivity contribution in [2.75, 3.05) is 7.11 Å². The van der Waals surface area contributed by atoms with Gasteiger partial charge in [0.05, 0.1) is 19.3 Å². The number of hydrogen-bond donors (Lipinski definition) is 2. The predicted molar refractivity (Wildman–Crippen MR) is 131 cm³/mol. The second kappa shape index (κ2) is 10.6. The van der Waals surface area contributed by atoms with E-state index in [1.807, 2.05) is 51.1 Å². The number of benzene rings is 2. The summed E-state index contributed by atoms with van der Waals surface area (Å²) in [5.74, 6) is -1.56. The van der Waals surface area contributed by atoms with E-state index in [4.69, 9.17) is 9.47 Å². The Bertz CT molecular complexity index is 1040. The van der Waals surface area contributed by atoms with Crippen LogP contribution < -0.4 is 10.1 Å². The summed E-state index contributed by atoms with van der Waals surface area (Å²) in [6.45, 7) is 9.68. The maximum atomic E-state index is 13.7. The molecule has 1 aliphatic heterocycles. The fourth-order valence-corrected chi connectivity index (χ4v) is 5.04. The van der Waals surface area contributed by atoms with Crippen molar-refractivity contribution in [2.24, 2.45) is 11.3 Å². The number of ether oxygens (including phenoxy) is 2. The van der Waals surface area contributed by atoms with Crippen LogP contribution in [0.4, 0.5) is 9.18 Å². The molecule has 2 aromatic carbocycles. The number of methoxy groups -OCH3 is 1. The molecule has 1 heterocycles. The molecule has 1 fully saturated rings. The van der Waals surface area contributed by atoms with Gasteiger partial charge in [0.1, 0.15) is 17.6 Å². The number of carboxylic acids is 1. The van der Waals surface area contributed by atoms with Crippen molar-refractivity contribution in [3.05, 3.63) is 65.5 Å². The molecule has 0 spiro atoms. The molecule has 0 bridgehead atoms. The highest BCUT2D eigenvalue weighted by Gasteiger charge is 2.58. The lowest BCUT2D eigenvalue weighted by Gasteiger charge is -2.35. The molecule has 35 heavy (non-hydrogen) atoms. The molecular formula is C27H35FN2O5. The van der Waals surface area contributed by atoms with Crippen LogP contribution in [0.5, 0.6) is 5.75 Å². The summed E-state index contributed by atoms with van der Waals surface area (Å²) in [6.07, 6.45) is -1.07. The van der Waals surface area contributed by atoms with Crippen molar-refractivity contribution in [2.45, 2.75) is 65.4 Å². The number of carbonyl (C=O) groups is 2. The fourth-order valence-electron chi connectivity index (χ4n) is 5.04.